The summed E-state index contributed by atoms with van der Waals surface area (Å²) in [7, 11) is 3.29. The lowest BCUT2D eigenvalue weighted by Gasteiger charge is -2.29. The van der Waals surface area contributed by atoms with E-state index in [-0.39, 0.29) is 48.8 Å². The van der Waals surface area contributed by atoms with Gasteiger partial charge in [0.1, 0.15) is 11.5 Å². The number of benzene rings is 1. The number of aromatic nitrogens is 2. The van der Waals surface area contributed by atoms with Gasteiger partial charge in [0.05, 0.1) is 31.5 Å². The maximum atomic E-state index is 13.7. The quantitative estimate of drug-likeness (QED) is 0.357. The molecule has 1 atom stereocenters. The molecule has 2 aromatic rings. The Morgan fingerprint density at radius 1 is 0.976 bits per heavy atom. The second-order valence-electron chi connectivity index (χ2n) is 11.6. The molecule has 2 amide bonds. The molecule has 1 aromatic carbocycles. The van der Waals surface area contributed by atoms with Crippen molar-refractivity contribution in [1.29, 1.82) is 0 Å². The Bertz CT molecular complexity index is 1130. The van der Waals surface area contributed by atoms with E-state index >= 15 is 0 Å². The highest BCUT2D eigenvalue weighted by Crippen LogP contribution is 2.41. The predicted molar refractivity (Wildman–Crippen MR) is 162 cm³/mol. The molecule has 1 aliphatic heterocycles. The monoisotopic (exact) mass is 587 g/mol. The smallest absolute Gasteiger partial charge is 0.272 e. The molecule has 3 aliphatic rings. The number of ether oxygens (including phenoxy) is 2. The van der Waals surface area contributed by atoms with E-state index in [1.807, 2.05) is 28.9 Å². The number of halogens is 1. The van der Waals surface area contributed by atoms with Gasteiger partial charge in [-0.1, -0.05) is 25.3 Å². The Balaban J connectivity index is 0.00000387. The number of nitrogens with zero attached hydrogens (tertiary/aromatic N) is 3. The van der Waals surface area contributed by atoms with E-state index in [2.05, 4.69) is 15.5 Å². The van der Waals surface area contributed by atoms with Crippen LogP contribution in [0.4, 0.5) is 0 Å². The first-order valence-electron chi connectivity index (χ1n) is 15.2. The summed E-state index contributed by atoms with van der Waals surface area (Å²) in [6.45, 7) is 3.05. The third-order valence-electron chi connectivity index (χ3n) is 8.80. The van der Waals surface area contributed by atoms with Crippen LogP contribution in [0.25, 0.3) is 11.3 Å². The van der Waals surface area contributed by atoms with Gasteiger partial charge in [-0.25, -0.2) is 0 Å². The van der Waals surface area contributed by atoms with Gasteiger partial charge in [-0.3, -0.25) is 14.3 Å². The lowest BCUT2D eigenvalue weighted by molar-refractivity contribution is -0.122. The van der Waals surface area contributed by atoms with E-state index < -0.39 is 0 Å². The first-order valence-corrected chi connectivity index (χ1v) is 15.2. The van der Waals surface area contributed by atoms with Crippen LogP contribution in [-0.2, 0) is 4.79 Å². The van der Waals surface area contributed by atoms with Crippen molar-refractivity contribution in [3.63, 3.8) is 0 Å². The summed E-state index contributed by atoms with van der Waals surface area (Å²) in [4.78, 5) is 29.0. The molecular weight excluding hydrogens is 542 g/mol. The van der Waals surface area contributed by atoms with Crippen LogP contribution in [0.5, 0.6) is 11.5 Å². The number of methoxy groups -OCH3 is 2. The fourth-order valence-corrected chi connectivity index (χ4v) is 6.29. The minimum Gasteiger partial charge on any atom is -0.496 e. The van der Waals surface area contributed by atoms with E-state index in [1.54, 1.807) is 14.2 Å². The van der Waals surface area contributed by atoms with E-state index in [1.165, 1.54) is 25.7 Å². The number of hydrogen-bond acceptors (Lipinski definition) is 6. The molecule has 2 saturated carbocycles. The Morgan fingerprint density at radius 3 is 2.27 bits per heavy atom. The van der Waals surface area contributed by atoms with E-state index in [0.717, 1.165) is 75.8 Å². The first-order chi connectivity index (χ1) is 19.6. The van der Waals surface area contributed by atoms with Crippen LogP contribution in [0.2, 0.25) is 0 Å². The summed E-state index contributed by atoms with van der Waals surface area (Å²) in [5.41, 5.74) is 1.98. The lowest BCUT2D eigenvalue weighted by Crippen LogP contribution is -2.45. The minimum atomic E-state index is -0.254. The number of amides is 2. The van der Waals surface area contributed by atoms with Gasteiger partial charge in [0.15, 0.2) is 5.69 Å². The van der Waals surface area contributed by atoms with E-state index in [9.17, 15) is 9.59 Å². The van der Waals surface area contributed by atoms with E-state index in [4.69, 9.17) is 14.6 Å². The summed E-state index contributed by atoms with van der Waals surface area (Å²) >= 11 is 0. The normalized spacial score (nSPS) is 18.7. The van der Waals surface area contributed by atoms with Gasteiger partial charge >= 0.3 is 0 Å². The third-order valence-corrected chi connectivity index (χ3v) is 8.80. The number of hydrogen-bond donors (Lipinski definition) is 2. The number of piperidine rings is 1. The van der Waals surface area contributed by atoms with Crippen molar-refractivity contribution in [2.75, 3.05) is 33.9 Å². The average molecular weight is 588 g/mol. The van der Waals surface area contributed by atoms with Gasteiger partial charge in [0.2, 0.25) is 5.91 Å². The summed E-state index contributed by atoms with van der Waals surface area (Å²) < 4.78 is 13.4. The van der Waals surface area contributed by atoms with Gasteiger partial charge in [-0.05, 0) is 82.7 Å². The highest BCUT2D eigenvalue weighted by Gasteiger charge is 2.29. The maximum Gasteiger partial charge on any atom is 0.272 e. The second-order valence-corrected chi connectivity index (χ2v) is 11.6. The van der Waals surface area contributed by atoms with Gasteiger partial charge in [0, 0.05) is 25.0 Å². The molecule has 0 bridgehead atoms. The van der Waals surface area contributed by atoms with Gasteiger partial charge in [0.25, 0.3) is 5.91 Å². The van der Waals surface area contributed by atoms with Crippen LogP contribution in [-0.4, -0.2) is 72.4 Å². The van der Waals surface area contributed by atoms with Crippen molar-refractivity contribution in [2.45, 2.75) is 95.2 Å². The van der Waals surface area contributed by atoms with Gasteiger partial charge in [-0.15, -0.1) is 12.4 Å². The Hall–Kier alpha value is -2.78. The molecule has 0 unspecified atom stereocenters. The van der Waals surface area contributed by atoms with Crippen molar-refractivity contribution in [3.8, 4) is 22.8 Å². The fourth-order valence-electron chi connectivity index (χ4n) is 6.29. The molecule has 5 rings (SSSR count). The number of carbonyl (C=O) groups excluding carboxylic acids is 2. The molecule has 41 heavy (non-hydrogen) atoms. The first kappa shape index (κ1) is 31.2. The molecule has 1 aromatic heterocycles. The molecule has 1 saturated heterocycles. The molecule has 3 fully saturated rings. The summed E-state index contributed by atoms with van der Waals surface area (Å²) in [6, 6.07) is 7.80. The maximum absolute atomic E-state index is 13.7. The second kappa shape index (κ2) is 14.9. The Labute approximate surface area is 250 Å². The number of carbonyl (C=O) groups is 2. The van der Waals surface area contributed by atoms with Crippen molar-refractivity contribution in [2.24, 2.45) is 0 Å². The molecule has 9 nitrogen and oxygen atoms in total. The van der Waals surface area contributed by atoms with Crippen LogP contribution in [0.1, 0.15) is 93.6 Å². The molecule has 10 heteroatoms. The number of nitrogens with one attached hydrogen (secondary N) is 2. The number of rotatable bonds is 12. The summed E-state index contributed by atoms with van der Waals surface area (Å²) in [5, 5.41) is 11.2. The molecule has 0 spiro atoms. The fraction of sp³-hybridized carbons (Fsp3) is 0.645. The SMILES string of the molecule is COc1cccc(OC)c1-c1cc(C(=O)N[C@@H](CCN2CCCCC2)CC(=O)NC2CCC2)nn1C1CCCC1.Cl. The van der Waals surface area contributed by atoms with Crippen molar-refractivity contribution in [1.82, 2.24) is 25.3 Å². The molecule has 2 aliphatic carbocycles. The summed E-state index contributed by atoms with van der Waals surface area (Å²) in [6.07, 6.45) is 12.3. The van der Waals surface area contributed by atoms with Crippen molar-refractivity contribution >= 4 is 24.2 Å². The molecule has 0 radical (unpaired) electrons. The molecule has 2 N–H and O–H groups in total. The molecule has 226 valence electrons. The van der Waals surface area contributed by atoms with Crippen LogP contribution in [0.15, 0.2) is 24.3 Å². The van der Waals surface area contributed by atoms with E-state index in [0.29, 0.717) is 17.2 Å². The van der Waals surface area contributed by atoms with Crippen LogP contribution in [0.3, 0.4) is 0 Å². The molecular formula is C31H46ClN5O4. The van der Waals surface area contributed by atoms with Crippen LogP contribution in [0, 0.1) is 0 Å². The van der Waals surface area contributed by atoms with Crippen LogP contribution < -0.4 is 20.1 Å². The highest BCUT2D eigenvalue weighted by molar-refractivity contribution is 5.94. The lowest BCUT2D eigenvalue weighted by atomic mass is 9.93. The zero-order valence-electron chi connectivity index (χ0n) is 24.5. The zero-order chi connectivity index (χ0) is 27.9. The average Bonchev–Trinajstić information content (AvgIpc) is 3.64. The Morgan fingerprint density at radius 2 is 1.66 bits per heavy atom. The molecule has 2 heterocycles. The largest absolute Gasteiger partial charge is 0.496 e. The standard InChI is InChI=1S/C31H45N5O4.ClH/c1-39-27-14-9-15-28(40-2)30(27)26-21-25(34-36(26)24-12-4-5-13-24)31(38)33-23(16-19-35-17-6-3-7-18-35)20-29(37)32-22-10-8-11-22;/h9,14-15,21-24H,3-8,10-13,16-20H2,1-2H3,(H,32,37)(H,33,38);1H/t23-;/m0./s1. The summed E-state index contributed by atoms with van der Waals surface area (Å²) in [5.74, 6) is 1.13. The predicted octanol–water partition coefficient (Wildman–Crippen LogP) is 5.14. The van der Waals surface area contributed by atoms with Crippen molar-refractivity contribution in [3.05, 3.63) is 30.0 Å². The zero-order valence-corrected chi connectivity index (χ0v) is 25.3. The third kappa shape index (κ3) is 7.74. The minimum absolute atomic E-state index is 0. The van der Waals surface area contributed by atoms with Crippen molar-refractivity contribution < 1.29 is 19.1 Å². The topological polar surface area (TPSA) is 97.7 Å². The van der Waals surface area contributed by atoms with Gasteiger partial charge in [-0.2, -0.15) is 5.10 Å². The highest BCUT2D eigenvalue weighted by atomic mass is 35.5. The van der Waals surface area contributed by atoms with Gasteiger partial charge < -0.3 is 25.0 Å². The number of likely N-dealkylation sites (tertiary alicyclic amines) is 1. The van der Waals surface area contributed by atoms with Crippen LogP contribution >= 0.6 is 12.4 Å². The Kier molecular flexibility index (Phi) is 11.3.